The zero-order chi connectivity index (χ0) is 4.99. The fourth-order valence-electron chi connectivity index (χ4n) is 0.142. The van der Waals surface area contributed by atoms with Crippen LogP contribution in [0.4, 0.5) is 4.79 Å². The van der Waals surface area contributed by atoms with Crippen molar-refractivity contribution in [2.45, 2.75) is 6.92 Å². The predicted octanol–water partition coefficient (Wildman–Crippen LogP) is -2.00. The standard InChI is InChI=1S/C3H7NO2.Al.Mg.5H/c1-2-6-3(4)5;;;;;;;/h2H2,1H3,(H2,4,5);;;;;;;. The van der Waals surface area contributed by atoms with E-state index in [9.17, 15) is 4.79 Å². The van der Waals surface area contributed by atoms with Gasteiger partial charge in [-0.2, -0.15) is 0 Å². The van der Waals surface area contributed by atoms with Gasteiger partial charge in [0, 0.05) is 0 Å². The molecule has 0 unspecified atom stereocenters. The Hall–Kier alpha value is 0.569. The van der Waals surface area contributed by atoms with E-state index < -0.39 is 6.09 Å². The molecule has 0 aliphatic heterocycles. The van der Waals surface area contributed by atoms with Crippen LogP contribution in [0, 0.1) is 0 Å². The van der Waals surface area contributed by atoms with Crippen molar-refractivity contribution in [3.63, 3.8) is 0 Å². The summed E-state index contributed by atoms with van der Waals surface area (Å²) < 4.78 is 4.18. The fourth-order valence-corrected chi connectivity index (χ4v) is 0.142. The highest BCUT2D eigenvalue weighted by Gasteiger charge is 1.82. The summed E-state index contributed by atoms with van der Waals surface area (Å²) in [6.45, 7) is 2.06. The Bertz CT molecular complexity index is 61.2. The molecule has 0 heterocycles. The van der Waals surface area contributed by atoms with Crippen molar-refractivity contribution >= 4 is 46.5 Å². The first-order valence-electron chi connectivity index (χ1n) is 1.69. The molecular weight excluding hydrogens is 133 g/mol. The molecule has 0 aliphatic rings. The molecule has 0 aromatic carbocycles. The predicted molar refractivity (Wildman–Crippen MR) is 39.7 cm³/mol. The van der Waals surface area contributed by atoms with Crippen LogP contribution >= 0.6 is 0 Å². The van der Waals surface area contributed by atoms with Crippen LogP contribution in [0.15, 0.2) is 0 Å². The summed E-state index contributed by atoms with van der Waals surface area (Å²) in [5.41, 5.74) is 4.54. The molecule has 0 saturated carbocycles. The lowest BCUT2D eigenvalue weighted by Crippen LogP contribution is -2.11. The van der Waals surface area contributed by atoms with E-state index in [1.165, 1.54) is 0 Å². The summed E-state index contributed by atoms with van der Waals surface area (Å²) in [5, 5.41) is 0. The second kappa shape index (κ2) is 10.5. The van der Waals surface area contributed by atoms with Crippen molar-refractivity contribution in [2.75, 3.05) is 6.61 Å². The summed E-state index contributed by atoms with van der Waals surface area (Å²) in [7, 11) is 0. The van der Waals surface area contributed by atoms with Crippen LogP contribution in [-0.2, 0) is 4.74 Å². The van der Waals surface area contributed by atoms with Gasteiger partial charge in [0.1, 0.15) is 0 Å². The van der Waals surface area contributed by atoms with Crippen LogP contribution < -0.4 is 5.73 Å². The zero-order valence-electron chi connectivity index (χ0n) is 3.60. The van der Waals surface area contributed by atoms with E-state index in [1.807, 2.05) is 0 Å². The minimum absolute atomic E-state index is 0. The number of hydrogen-bond acceptors (Lipinski definition) is 2. The number of rotatable bonds is 1. The molecule has 0 fully saturated rings. The van der Waals surface area contributed by atoms with E-state index in [4.69, 9.17) is 0 Å². The topological polar surface area (TPSA) is 52.3 Å². The maximum absolute atomic E-state index is 9.60. The smallest absolute Gasteiger partial charge is 0.404 e. The molecule has 5 heteroatoms. The van der Waals surface area contributed by atoms with Crippen LogP contribution in [0.1, 0.15) is 6.92 Å². The van der Waals surface area contributed by atoms with E-state index in [-0.39, 0.29) is 40.4 Å². The Morgan fingerprint density at radius 3 is 2.12 bits per heavy atom. The molecule has 0 radical (unpaired) electrons. The maximum Gasteiger partial charge on any atom is 0.404 e. The van der Waals surface area contributed by atoms with Gasteiger partial charge in [0.15, 0.2) is 17.4 Å². The van der Waals surface area contributed by atoms with Gasteiger partial charge in [-0.3, -0.25) is 0 Å². The molecule has 0 bridgehead atoms. The number of carbonyl (C=O) groups excluding carboxylic acids is 1. The molecule has 3 nitrogen and oxygen atoms in total. The number of hydrogen-bond donors (Lipinski definition) is 1. The molecule has 0 aliphatic carbocycles. The molecule has 46 valence electrons. The van der Waals surface area contributed by atoms with Gasteiger partial charge < -0.3 is 10.5 Å². The van der Waals surface area contributed by atoms with Crippen molar-refractivity contribution in [3.8, 4) is 0 Å². The molecule has 0 aromatic heterocycles. The Morgan fingerprint density at radius 2 is 2.12 bits per heavy atom. The lowest BCUT2D eigenvalue weighted by molar-refractivity contribution is 0.163. The monoisotopic (exact) mass is 145 g/mol. The quantitative estimate of drug-likeness (QED) is 0.434. The highest BCUT2D eigenvalue weighted by Crippen LogP contribution is 1.66. The number of primary amides is 1. The SMILES string of the molecule is CCOC(N)=O.[AlH3].[MgH2]. The third-order valence-corrected chi connectivity index (χ3v) is 0.287. The normalized spacial score (nSPS) is 5.62. The van der Waals surface area contributed by atoms with E-state index >= 15 is 0 Å². The minimum Gasteiger partial charge on any atom is -0.450 e. The number of carbonyl (C=O) groups is 1. The van der Waals surface area contributed by atoms with Crippen molar-refractivity contribution in [2.24, 2.45) is 5.73 Å². The Labute approximate surface area is 75.2 Å². The van der Waals surface area contributed by atoms with E-state index in [0.29, 0.717) is 6.61 Å². The lowest BCUT2D eigenvalue weighted by atomic mass is 10.9. The first-order chi connectivity index (χ1) is 2.77. The Morgan fingerprint density at radius 1 is 1.75 bits per heavy atom. The van der Waals surface area contributed by atoms with Gasteiger partial charge in [0.05, 0.1) is 6.61 Å². The number of ether oxygens (including phenoxy) is 1. The molecule has 2 N–H and O–H groups in total. The number of amides is 1. The Kier molecular flexibility index (Phi) is 20.8. The average molecular weight is 145 g/mol. The van der Waals surface area contributed by atoms with Gasteiger partial charge >= 0.3 is 29.1 Å². The highest BCUT2D eigenvalue weighted by molar-refractivity contribution is 5.76. The molecular formula is C3H12AlMgNO2. The minimum atomic E-state index is -0.711. The van der Waals surface area contributed by atoms with Gasteiger partial charge in [-0.1, -0.05) is 0 Å². The first kappa shape index (κ1) is 15.8. The molecule has 0 spiro atoms. The molecule has 1 amide bonds. The molecule has 0 saturated heterocycles. The number of nitrogens with two attached hydrogens (primary N) is 1. The molecule has 0 rings (SSSR count). The van der Waals surface area contributed by atoms with Crippen molar-refractivity contribution in [1.29, 1.82) is 0 Å². The van der Waals surface area contributed by atoms with E-state index in [0.717, 1.165) is 0 Å². The van der Waals surface area contributed by atoms with Crippen LogP contribution in [0.5, 0.6) is 0 Å². The molecule has 0 atom stereocenters. The van der Waals surface area contributed by atoms with Crippen LogP contribution in [0.3, 0.4) is 0 Å². The third-order valence-electron chi connectivity index (χ3n) is 0.287. The van der Waals surface area contributed by atoms with Gasteiger partial charge in [0.2, 0.25) is 0 Å². The summed E-state index contributed by atoms with van der Waals surface area (Å²) in [6, 6.07) is 0. The maximum atomic E-state index is 9.60. The first-order valence-corrected chi connectivity index (χ1v) is 1.69. The lowest BCUT2D eigenvalue weighted by Gasteiger charge is -1.89. The highest BCUT2D eigenvalue weighted by atomic mass is 27.0. The van der Waals surface area contributed by atoms with Gasteiger partial charge in [-0.25, -0.2) is 4.79 Å². The largest absolute Gasteiger partial charge is 0.450 e. The second-order valence-corrected chi connectivity index (χ2v) is 0.752. The third kappa shape index (κ3) is 16.0. The fraction of sp³-hybridized carbons (Fsp3) is 0.667. The summed E-state index contributed by atoms with van der Waals surface area (Å²) in [5.74, 6) is 0. The van der Waals surface area contributed by atoms with E-state index in [2.05, 4.69) is 10.5 Å². The molecule has 8 heavy (non-hydrogen) atoms. The summed E-state index contributed by atoms with van der Waals surface area (Å²) in [6.07, 6.45) is -0.711. The van der Waals surface area contributed by atoms with Gasteiger partial charge in [-0.05, 0) is 6.92 Å². The van der Waals surface area contributed by atoms with Crippen molar-refractivity contribution in [1.82, 2.24) is 0 Å². The molecule has 0 aromatic rings. The van der Waals surface area contributed by atoms with Crippen LogP contribution in [-0.4, -0.2) is 53.1 Å². The van der Waals surface area contributed by atoms with Gasteiger partial charge in [0.25, 0.3) is 0 Å². The van der Waals surface area contributed by atoms with Crippen molar-refractivity contribution < 1.29 is 9.53 Å². The summed E-state index contributed by atoms with van der Waals surface area (Å²) >= 11 is 0. The van der Waals surface area contributed by atoms with Crippen LogP contribution in [0.25, 0.3) is 0 Å². The second-order valence-electron chi connectivity index (χ2n) is 0.752. The van der Waals surface area contributed by atoms with Gasteiger partial charge in [-0.15, -0.1) is 0 Å². The average Bonchev–Trinajstić information content (AvgIpc) is 1.35. The summed E-state index contributed by atoms with van der Waals surface area (Å²) in [4.78, 5) is 9.60. The van der Waals surface area contributed by atoms with E-state index in [1.54, 1.807) is 6.92 Å². The van der Waals surface area contributed by atoms with Crippen LogP contribution in [0.2, 0.25) is 0 Å². The van der Waals surface area contributed by atoms with Crippen molar-refractivity contribution in [3.05, 3.63) is 0 Å². The Balaban J connectivity index is -0.000000125. The zero-order valence-corrected chi connectivity index (χ0v) is 3.60.